The topological polar surface area (TPSA) is 92.4 Å². The lowest BCUT2D eigenvalue weighted by atomic mass is 10.1. The van der Waals surface area contributed by atoms with Crippen molar-refractivity contribution < 1.29 is 19.1 Å². The summed E-state index contributed by atoms with van der Waals surface area (Å²) in [6.07, 6.45) is -0.136. The fraction of sp³-hybridized carbons (Fsp3) is 0.200. The maximum absolute atomic E-state index is 13.7. The molecule has 168 valence electrons. The molecule has 2 heterocycles. The number of methoxy groups -OCH3 is 1. The van der Waals surface area contributed by atoms with Gasteiger partial charge in [0.15, 0.2) is 10.9 Å². The van der Waals surface area contributed by atoms with E-state index in [-0.39, 0.29) is 23.7 Å². The molecule has 0 saturated heterocycles. The van der Waals surface area contributed by atoms with Crippen molar-refractivity contribution in [1.82, 2.24) is 9.97 Å². The van der Waals surface area contributed by atoms with Crippen molar-refractivity contribution in [2.24, 2.45) is 0 Å². The quantitative estimate of drug-likeness (QED) is 0.317. The normalized spacial score (nSPS) is 10.9. The molecule has 0 aliphatic rings. The molecule has 0 aliphatic heterocycles. The zero-order valence-corrected chi connectivity index (χ0v) is 19.6. The number of ether oxygens (including phenoxy) is 1. The average molecular weight is 462 g/mol. The number of hydrogen-bond donors (Lipinski definition) is 1. The largest absolute Gasteiger partial charge is 0.465 e. The summed E-state index contributed by atoms with van der Waals surface area (Å²) >= 11 is 1.41. The third-order valence-corrected chi connectivity index (χ3v) is 6.50. The van der Waals surface area contributed by atoms with Crippen LogP contribution in [0.3, 0.4) is 0 Å². The van der Waals surface area contributed by atoms with E-state index >= 15 is 0 Å². The maximum Gasteiger partial charge on any atom is 0.339 e. The number of carbonyl (C=O) groups excluding carboxylic acids is 3. The number of esters is 1. The molecule has 0 radical (unpaired) electrons. The molecule has 2 aromatic heterocycles. The van der Waals surface area contributed by atoms with Crippen LogP contribution < -0.4 is 4.90 Å². The molecule has 2 aromatic carbocycles. The van der Waals surface area contributed by atoms with Crippen LogP contribution in [0.5, 0.6) is 0 Å². The van der Waals surface area contributed by atoms with Crippen molar-refractivity contribution in [2.45, 2.75) is 27.2 Å². The van der Waals surface area contributed by atoms with E-state index in [1.807, 2.05) is 55.5 Å². The number of thiazole rings is 1. The van der Waals surface area contributed by atoms with Crippen LogP contribution >= 0.6 is 11.3 Å². The summed E-state index contributed by atoms with van der Waals surface area (Å²) in [5.41, 5.74) is 3.73. The Morgan fingerprint density at radius 2 is 1.76 bits per heavy atom. The Morgan fingerprint density at radius 1 is 1.06 bits per heavy atom. The van der Waals surface area contributed by atoms with Gasteiger partial charge in [0.05, 0.1) is 40.7 Å². The van der Waals surface area contributed by atoms with Crippen LogP contribution in [-0.2, 0) is 16.0 Å². The summed E-state index contributed by atoms with van der Waals surface area (Å²) in [5.74, 6) is -1.11. The first-order chi connectivity index (χ1) is 15.8. The fourth-order valence-electron chi connectivity index (χ4n) is 3.87. The number of anilines is 2. The number of aromatic nitrogens is 2. The molecule has 0 aliphatic carbocycles. The maximum atomic E-state index is 13.7. The number of carbonyl (C=O) groups is 3. The Labute approximate surface area is 195 Å². The van der Waals surface area contributed by atoms with Gasteiger partial charge >= 0.3 is 5.97 Å². The summed E-state index contributed by atoms with van der Waals surface area (Å²) in [6.45, 7) is 5.00. The van der Waals surface area contributed by atoms with Crippen LogP contribution in [-0.4, -0.2) is 34.7 Å². The number of aryl methyl sites for hydroxylation is 1. The smallest absolute Gasteiger partial charge is 0.339 e. The van der Waals surface area contributed by atoms with Gasteiger partial charge in [-0.2, -0.15) is 0 Å². The van der Waals surface area contributed by atoms with E-state index in [4.69, 9.17) is 4.74 Å². The molecule has 8 heteroatoms. The first-order valence-corrected chi connectivity index (χ1v) is 11.2. The van der Waals surface area contributed by atoms with Crippen molar-refractivity contribution in [3.05, 3.63) is 76.6 Å². The first kappa shape index (κ1) is 22.4. The summed E-state index contributed by atoms with van der Waals surface area (Å²) in [7, 11) is 1.27. The number of nitrogens with one attached hydrogen (secondary N) is 1. The van der Waals surface area contributed by atoms with Gasteiger partial charge in [0.2, 0.25) is 5.91 Å². The number of rotatable bonds is 6. The molecule has 33 heavy (non-hydrogen) atoms. The zero-order valence-electron chi connectivity index (χ0n) is 18.8. The van der Waals surface area contributed by atoms with Crippen molar-refractivity contribution in [3.63, 3.8) is 0 Å². The predicted molar refractivity (Wildman–Crippen MR) is 129 cm³/mol. The van der Waals surface area contributed by atoms with Crippen LogP contribution in [0.15, 0.2) is 48.5 Å². The minimum atomic E-state index is -0.596. The third kappa shape index (κ3) is 4.17. The summed E-state index contributed by atoms with van der Waals surface area (Å²) in [6, 6.07) is 15.2. The minimum absolute atomic E-state index is 0.136. The van der Waals surface area contributed by atoms with E-state index < -0.39 is 5.97 Å². The fourth-order valence-corrected chi connectivity index (χ4v) is 4.86. The van der Waals surface area contributed by atoms with E-state index in [0.717, 1.165) is 15.8 Å². The van der Waals surface area contributed by atoms with Gasteiger partial charge < -0.3 is 9.72 Å². The number of hydrogen-bond acceptors (Lipinski definition) is 6. The Kier molecular flexibility index (Phi) is 6.11. The lowest BCUT2D eigenvalue weighted by Gasteiger charge is -2.22. The van der Waals surface area contributed by atoms with Crippen molar-refractivity contribution >= 4 is 50.0 Å². The Bertz CT molecular complexity index is 1350. The molecule has 0 spiro atoms. The molecular weight excluding hydrogens is 438 g/mol. The molecule has 4 aromatic rings. The zero-order chi connectivity index (χ0) is 23.7. The van der Waals surface area contributed by atoms with Crippen molar-refractivity contribution in [1.29, 1.82) is 0 Å². The molecular formula is C25H23N3O4S. The Morgan fingerprint density at radius 3 is 2.42 bits per heavy atom. The Hall–Kier alpha value is -3.78. The molecule has 4 rings (SSSR count). The highest BCUT2D eigenvalue weighted by atomic mass is 32.1. The van der Waals surface area contributed by atoms with Crippen molar-refractivity contribution in [3.8, 4) is 0 Å². The summed E-state index contributed by atoms with van der Waals surface area (Å²) in [4.78, 5) is 47.5. The van der Waals surface area contributed by atoms with Gasteiger partial charge in [-0.1, -0.05) is 41.7 Å². The second kappa shape index (κ2) is 8.99. The number of nitrogens with zero attached hydrogens (tertiary/aromatic N) is 2. The van der Waals surface area contributed by atoms with Gasteiger partial charge in [0, 0.05) is 12.6 Å². The predicted octanol–water partition coefficient (Wildman–Crippen LogP) is 5.14. The van der Waals surface area contributed by atoms with Crippen molar-refractivity contribution in [2.75, 3.05) is 12.0 Å². The summed E-state index contributed by atoms with van der Waals surface area (Å²) in [5, 5.41) is 0.533. The lowest BCUT2D eigenvalue weighted by molar-refractivity contribution is -0.117. The molecule has 1 N–H and O–H groups in total. The van der Waals surface area contributed by atoms with Gasteiger partial charge in [0.1, 0.15) is 0 Å². The third-order valence-electron chi connectivity index (χ3n) is 5.48. The molecule has 0 fully saturated rings. The highest BCUT2D eigenvalue weighted by Crippen LogP contribution is 2.35. The minimum Gasteiger partial charge on any atom is -0.465 e. The van der Waals surface area contributed by atoms with Gasteiger partial charge in [-0.15, -0.1) is 0 Å². The van der Waals surface area contributed by atoms with Gasteiger partial charge in [-0.25, -0.2) is 9.78 Å². The van der Waals surface area contributed by atoms with Gasteiger partial charge in [-0.05, 0) is 43.2 Å². The lowest BCUT2D eigenvalue weighted by Crippen LogP contribution is -2.29. The number of Topliss-reactive ketones (excluding diaryl/α,β-unsaturated/α-hetero) is 1. The number of ketones is 1. The van der Waals surface area contributed by atoms with E-state index in [9.17, 15) is 14.4 Å². The number of para-hydroxylation sites is 2. The van der Waals surface area contributed by atoms with Crippen LogP contribution in [0.25, 0.3) is 10.2 Å². The van der Waals surface area contributed by atoms with Gasteiger partial charge in [0.25, 0.3) is 0 Å². The number of amides is 1. The average Bonchev–Trinajstić information content (AvgIpc) is 3.35. The van der Waals surface area contributed by atoms with E-state index in [0.29, 0.717) is 27.8 Å². The molecule has 7 nitrogen and oxygen atoms in total. The second-order valence-corrected chi connectivity index (χ2v) is 8.69. The number of fused-ring (bicyclic) bond motifs is 1. The highest BCUT2D eigenvalue weighted by Gasteiger charge is 2.28. The monoisotopic (exact) mass is 461 g/mol. The van der Waals surface area contributed by atoms with Crippen LogP contribution in [0.2, 0.25) is 0 Å². The molecule has 0 saturated carbocycles. The molecule has 1 amide bonds. The van der Waals surface area contributed by atoms with E-state index in [2.05, 4.69) is 9.97 Å². The number of benzene rings is 2. The summed E-state index contributed by atoms with van der Waals surface area (Å²) < 4.78 is 5.88. The molecule has 0 atom stereocenters. The van der Waals surface area contributed by atoms with Gasteiger partial charge in [-0.3, -0.25) is 14.5 Å². The standard InChI is InChI=1S/C25H23N3O4S/c1-14-9-5-7-11-19(14)28(25-27-17-10-6-8-12-20(17)33-25)21(30)13-18-22(24(31)32-4)15(2)23(26-18)16(3)29/h5-12,26H,13H2,1-4H3. The Balaban J connectivity index is 1.82. The number of H-pyrrole nitrogens is 1. The van der Waals surface area contributed by atoms with Crippen LogP contribution in [0.4, 0.5) is 10.8 Å². The first-order valence-electron chi connectivity index (χ1n) is 10.4. The SMILES string of the molecule is COC(=O)c1c(CC(=O)N(c2nc3ccccc3s2)c2ccccc2C)[nH]c(C(C)=O)c1C. The number of aromatic amines is 1. The van der Waals surface area contributed by atoms with Crippen LogP contribution in [0, 0.1) is 13.8 Å². The van der Waals surface area contributed by atoms with Crippen LogP contribution in [0.1, 0.15) is 44.6 Å². The highest BCUT2D eigenvalue weighted by molar-refractivity contribution is 7.22. The van der Waals surface area contributed by atoms with E-state index in [1.54, 1.807) is 11.8 Å². The molecule has 0 bridgehead atoms. The molecule has 0 unspecified atom stereocenters. The second-order valence-electron chi connectivity index (χ2n) is 7.68. The van der Waals surface area contributed by atoms with E-state index in [1.165, 1.54) is 25.4 Å².